The van der Waals surface area contributed by atoms with Crippen LogP contribution in [0.5, 0.6) is 0 Å². The third-order valence-electron chi connectivity index (χ3n) is 5.35. The number of hydrogen-bond donors (Lipinski definition) is 0. The van der Waals surface area contributed by atoms with Gasteiger partial charge in [-0.1, -0.05) is 13.8 Å². The van der Waals surface area contributed by atoms with Gasteiger partial charge in [-0.15, -0.1) is 0 Å². The lowest BCUT2D eigenvalue weighted by Crippen LogP contribution is -2.44. The van der Waals surface area contributed by atoms with Gasteiger partial charge in [0.1, 0.15) is 0 Å². The van der Waals surface area contributed by atoms with Crippen LogP contribution in [0.1, 0.15) is 40.0 Å². The first-order valence-electron chi connectivity index (χ1n) is 5.61. The van der Waals surface area contributed by atoms with E-state index in [1.54, 1.807) is 0 Å². The number of nitrogens with zero attached hydrogens (tertiary/aromatic N) is 1. The standard InChI is InChI=1S/C12H23N/c1-9-8-11(3,13(4)5)10(2)12(9)6-7-12/h9-10H,6-8H2,1-5H3. The van der Waals surface area contributed by atoms with E-state index in [9.17, 15) is 0 Å². The summed E-state index contributed by atoms with van der Waals surface area (Å²) >= 11 is 0. The molecule has 0 aromatic rings. The Hall–Kier alpha value is -0.0400. The first kappa shape index (κ1) is 9.51. The maximum Gasteiger partial charge on any atom is 0.0209 e. The molecule has 2 fully saturated rings. The zero-order chi connectivity index (χ0) is 9.85. The van der Waals surface area contributed by atoms with Crippen molar-refractivity contribution in [2.24, 2.45) is 17.3 Å². The summed E-state index contributed by atoms with van der Waals surface area (Å²) in [5, 5.41) is 0. The van der Waals surface area contributed by atoms with Crippen LogP contribution in [0.25, 0.3) is 0 Å². The van der Waals surface area contributed by atoms with Crippen molar-refractivity contribution < 1.29 is 0 Å². The van der Waals surface area contributed by atoms with Crippen LogP contribution in [0.3, 0.4) is 0 Å². The fourth-order valence-corrected chi connectivity index (χ4v) is 3.69. The van der Waals surface area contributed by atoms with E-state index in [4.69, 9.17) is 0 Å². The maximum atomic E-state index is 2.47. The topological polar surface area (TPSA) is 3.24 Å². The number of rotatable bonds is 1. The molecule has 3 atom stereocenters. The lowest BCUT2D eigenvalue weighted by molar-refractivity contribution is 0.112. The van der Waals surface area contributed by atoms with Gasteiger partial charge in [0.15, 0.2) is 0 Å². The summed E-state index contributed by atoms with van der Waals surface area (Å²) in [6.07, 6.45) is 4.36. The molecule has 13 heavy (non-hydrogen) atoms. The van der Waals surface area contributed by atoms with E-state index >= 15 is 0 Å². The van der Waals surface area contributed by atoms with E-state index < -0.39 is 0 Å². The van der Waals surface area contributed by atoms with Crippen molar-refractivity contribution in [1.82, 2.24) is 4.90 Å². The molecule has 0 aromatic carbocycles. The van der Waals surface area contributed by atoms with Crippen molar-refractivity contribution in [3.8, 4) is 0 Å². The average Bonchev–Trinajstić information content (AvgIpc) is 2.79. The normalized spacial score (nSPS) is 47.5. The Morgan fingerprint density at radius 1 is 1.15 bits per heavy atom. The van der Waals surface area contributed by atoms with Crippen molar-refractivity contribution in [3.05, 3.63) is 0 Å². The van der Waals surface area contributed by atoms with Gasteiger partial charge < -0.3 is 4.90 Å². The summed E-state index contributed by atoms with van der Waals surface area (Å²) < 4.78 is 0. The van der Waals surface area contributed by atoms with Crippen LogP contribution in [0.2, 0.25) is 0 Å². The largest absolute Gasteiger partial charge is 0.304 e. The van der Waals surface area contributed by atoms with Crippen LogP contribution < -0.4 is 0 Å². The van der Waals surface area contributed by atoms with Crippen LogP contribution in [-0.4, -0.2) is 24.5 Å². The van der Waals surface area contributed by atoms with Crippen LogP contribution in [0, 0.1) is 17.3 Å². The molecule has 0 aromatic heterocycles. The van der Waals surface area contributed by atoms with E-state index in [1.807, 2.05) is 0 Å². The third kappa shape index (κ3) is 1.03. The second kappa shape index (κ2) is 2.50. The Morgan fingerprint density at radius 3 is 1.92 bits per heavy atom. The van der Waals surface area contributed by atoms with Gasteiger partial charge >= 0.3 is 0 Å². The molecule has 0 heterocycles. The van der Waals surface area contributed by atoms with Gasteiger partial charge in [-0.25, -0.2) is 0 Å². The van der Waals surface area contributed by atoms with E-state index in [2.05, 4.69) is 39.8 Å². The number of hydrogen-bond acceptors (Lipinski definition) is 1. The predicted molar refractivity (Wildman–Crippen MR) is 56.7 cm³/mol. The molecular weight excluding hydrogens is 158 g/mol. The lowest BCUT2D eigenvalue weighted by atomic mass is 9.82. The second-order valence-corrected chi connectivity index (χ2v) is 5.81. The fourth-order valence-electron chi connectivity index (χ4n) is 3.69. The Labute approximate surface area is 82.5 Å². The molecule has 76 valence electrons. The van der Waals surface area contributed by atoms with Crippen LogP contribution in [0.4, 0.5) is 0 Å². The van der Waals surface area contributed by atoms with E-state index in [-0.39, 0.29) is 0 Å². The minimum Gasteiger partial charge on any atom is -0.304 e. The fraction of sp³-hybridized carbons (Fsp3) is 1.00. The van der Waals surface area contributed by atoms with Gasteiger partial charge in [0, 0.05) is 5.54 Å². The predicted octanol–water partition coefficient (Wildman–Crippen LogP) is 2.76. The van der Waals surface area contributed by atoms with E-state index in [1.165, 1.54) is 19.3 Å². The van der Waals surface area contributed by atoms with Crippen LogP contribution in [0.15, 0.2) is 0 Å². The zero-order valence-corrected chi connectivity index (χ0v) is 9.72. The molecule has 2 aliphatic carbocycles. The highest BCUT2D eigenvalue weighted by molar-refractivity contribution is 5.14. The van der Waals surface area contributed by atoms with Gasteiger partial charge in [-0.3, -0.25) is 0 Å². The van der Waals surface area contributed by atoms with Gasteiger partial charge in [-0.05, 0) is 57.5 Å². The smallest absolute Gasteiger partial charge is 0.0209 e. The average molecular weight is 181 g/mol. The molecule has 2 saturated carbocycles. The minimum absolute atomic E-state index is 0.454. The van der Waals surface area contributed by atoms with E-state index in [0.29, 0.717) is 5.54 Å². The summed E-state index contributed by atoms with van der Waals surface area (Å²) in [7, 11) is 4.48. The molecule has 0 amide bonds. The molecule has 2 rings (SSSR count). The molecule has 1 heteroatoms. The molecule has 2 aliphatic rings. The SMILES string of the molecule is CC1CC(C)(N(C)C)C(C)C12CC2. The minimum atomic E-state index is 0.454. The molecule has 1 nitrogen and oxygen atoms in total. The quantitative estimate of drug-likeness (QED) is 0.601. The maximum absolute atomic E-state index is 2.47. The van der Waals surface area contributed by atoms with Crippen molar-refractivity contribution in [2.45, 2.75) is 45.6 Å². The Bertz CT molecular complexity index is 217. The van der Waals surface area contributed by atoms with Crippen molar-refractivity contribution in [3.63, 3.8) is 0 Å². The monoisotopic (exact) mass is 181 g/mol. The molecule has 1 spiro atoms. The zero-order valence-electron chi connectivity index (χ0n) is 9.72. The molecule has 0 radical (unpaired) electrons. The van der Waals surface area contributed by atoms with Crippen molar-refractivity contribution >= 4 is 0 Å². The molecule has 3 unspecified atom stereocenters. The van der Waals surface area contributed by atoms with Gasteiger partial charge in [0.05, 0.1) is 0 Å². The van der Waals surface area contributed by atoms with Gasteiger partial charge in [0.25, 0.3) is 0 Å². The first-order valence-corrected chi connectivity index (χ1v) is 5.61. The highest BCUT2D eigenvalue weighted by Gasteiger charge is 2.62. The third-order valence-corrected chi connectivity index (χ3v) is 5.35. The van der Waals surface area contributed by atoms with Gasteiger partial charge in [0.2, 0.25) is 0 Å². The van der Waals surface area contributed by atoms with Crippen LogP contribution in [-0.2, 0) is 0 Å². The van der Waals surface area contributed by atoms with E-state index in [0.717, 1.165) is 17.3 Å². The van der Waals surface area contributed by atoms with Crippen molar-refractivity contribution in [2.75, 3.05) is 14.1 Å². The Kier molecular flexibility index (Phi) is 1.83. The van der Waals surface area contributed by atoms with Gasteiger partial charge in [-0.2, -0.15) is 0 Å². The first-order chi connectivity index (χ1) is 5.93. The van der Waals surface area contributed by atoms with Crippen molar-refractivity contribution in [1.29, 1.82) is 0 Å². The lowest BCUT2D eigenvalue weighted by Gasteiger charge is -2.38. The second-order valence-electron chi connectivity index (χ2n) is 5.81. The Balaban J connectivity index is 2.26. The molecular formula is C12H23N. The Morgan fingerprint density at radius 2 is 1.69 bits per heavy atom. The molecule has 0 N–H and O–H groups in total. The molecule has 0 aliphatic heterocycles. The highest BCUT2D eigenvalue weighted by atomic mass is 15.2. The van der Waals surface area contributed by atoms with Crippen LogP contribution >= 0.6 is 0 Å². The summed E-state index contributed by atoms with van der Waals surface area (Å²) in [5.41, 5.74) is 1.19. The summed E-state index contributed by atoms with van der Waals surface area (Å²) in [6, 6.07) is 0. The summed E-state index contributed by atoms with van der Waals surface area (Å²) in [5.74, 6) is 1.82. The molecule has 0 saturated heterocycles. The summed E-state index contributed by atoms with van der Waals surface area (Å²) in [6.45, 7) is 7.37. The molecule has 0 bridgehead atoms. The summed E-state index contributed by atoms with van der Waals surface area (Å²) in [4.78, 5) is 2.45. The highest BCUT2D eigenvalue weighted by Crippen LogP contribution is 2.67.